The van der Waals surface area contributed by atoms with Crippen LogP contribution >= 0.6 is 31.9 Å². The third kappa shape index (κ3) is 5.51. The van der Waals surface area contributed by atoms with Gasteiger partial charge in [-0.2, -0.15) is 0 Å². The molecule has 8 nitrogen and oxygen atoms in total. The maximum absolute atomic E-state index is 12.8. The molecule has 0 spiro atoms. The number of para-hydroxylation sites is 3. The van der Waals surface area contributed by atoms with E-state index in [-0.39, 0.29) is 29.1 Å². The molecule has 3 aromatic rings. The van der Waals surface area contributed by atoms with E-state index in [0.717, 1.165) is 0 Å². The minimum Gasteiger partial charge on any atom is -0.496 e. The van der Waals surface area contributed by atoms with Crippen molar-refractivity contribution in [2.45, 2.75) is 6.42 Å². The second-order valence-corrected chi connectivity index (χ2v) is 8.23. The number of nitrogens with zero attached hydrogens (tertiary/aromatic N) is 1. The number of nitrogens with one attached hydrogen (secondary N) is 1. The number of carbonyl (C=O) groups excluding carboxylic acids is 2. The van der Waals surface area contributed by atoms with Crippen LogP contribution in [0.15, 0.2) is 69.6 Å². The fourth-order valence-corrected chi connectivity index (χ4v) is 4.32. The van der Waals surface area contributed by atoms with E-state index < -0.39 is 16.8 Å². The molecule has 0 aliphatic heterocycles. The molecule has 1 N–H and O–H groups in total. The summed E-state index contributed by atoms with van der Waals surface area (Å²) < 4.78 is 11.9. The van der Waals surface area contributed by atoms with Crippen LogP contribution in [0.3, 0.4) is 0 Å². The third-order valence-electron chi connectivity index (χ3n) is 4.33. The number of hydrogen-bond acceptors (Lipinski definition) is 6. The molecule has 3 aromatic carbocycles. The molecule has 10 heteroatoms. The van der Waals surface area contributed by atoms with Crippen molar-refractivity contribution in [3.8, 4) is 11.5 Å². The van der Waals surface area contributed by atoms with Crippen LogP contribution in [-0.4, -0.2) is 23.9 Å². The number of ether oxygens (including phenoxy) is 2. The summed E-state index contributed by atoms with van der Waals surface area (Å²) in [4.78, 5) is 36.0. The van der Waals surface area contributed by atoms with Crippen molar-refractivity contribution in [1.82, 2.24) is 0 Å². The first-order valence-corrected chi connectivity index (χ1v) is 10.7. The molecule has 0 radical (unpaired) electrons. The van der Waals surface area contributed by atoms with Gasteiger partial charge in [-0.25, -0.2) is 4.79 Å². The molecule has 1 amide bonds. The largest absolute Gasteiger partial charge is 0.496 e. The molecule has 0 unspecified atom stereocenters. The van der Waals surface area contributed by atoms with Crippen molar-refractivity contribution in [2.75, 3.05) is 12.4 Å². The molecule has 0 aromatic heterocycles. The predicted molar refractivity (Wildman–Crippen MR) is 125 cm³/mol. The smallest absolute Gasteiger partial charge is 0.347 e. The normalized spacial score (nSPS) is 10.3. The van der Waals surface area contributed by atoms with Gasteiger partial charge in [0.05, 0.1) is 22.9 Å². The Morgan fingerprint density at radius 2 is 1.75 bits per heavy atom. The summed E-state index contributed by atoms with van der Waals surface area (Å²) in [7, 11) is 1.44. The first-order valence-electron chi connectivity index (χ1n) is 9.16. The van der Waals surface area contributed by atoms with Gasteiger partial charge in [0.2, 0.25) is 5.91 Å². The first kappa shape index (κ1) is 23.4. The zero-order valence-electron chi connectivity index (χ0n) is 16.6. The van der Waals surface area contributed by atoms with E-state index in [1.54, 1.807) is 42.5 Å². The van der Waals surface area contributed by atoms with Crippen LogP contribution in [0, 0.1) is 10.1 Å². The van der Waals surface area contributed by atoms with Crippen molar-refractivity contribution in [3.05, 3.63) is 90.9 Å². The lowest BCUT2D eigenvalue weighted by atomic mass is 10.1. The van der Waals surface area contributed by atoms with Crippen LogP contribution < -0.4 is 14.8 Å². The zero-order chi connectivity index (χ0) is 23.3. The topological polar surface area (TPSA) is 108 Å². The molecule has 0 atom stereocenters. The number of carbonyl (C=O) groups is 2. The van der Waals surface area contributed by atoms with Crippen LogP contribution in [0.5, 0.6) is 11.5 Å². The van der Waals surface area contributed by atoms with E-state index in [1.807, 2.05) is 0 Å². The number of halogens is 2. The summed E-state index contributed by atoms with van der Waals surface area (Å²) >= 11 is 6.72. The summed E-state index contributed by atoms with van der Waals surface area (Å²) in [6.07, 6.45) is -0.196. The summed E-state index contributed by atoms with van der Waals surface area (Å²) in [5.74, 6) is -0.673. The van der Waals surface area contributed by atoms with Crippen molar-refractivity contribution in [1.29, 1.82) is 0 Å². The van der Waals surface area contributed by atoms with Crippen molar-refractivity contribution < 1.29 is 24.0 Å². The van der Waals surface area contributed by atoms with Crippen molar-refractivity contribution in [3.63, 3.8) is 0 Å². The van der Waals surface area contributed by atoms with Gasteiger partial charge in [-0.1, -0.05) is 40.2 Å². The molecule has 0 aliphatic rings. The van der Waals surface area contributed by atoms with E-state index in [4.69, 9.17) is 9.47 Å². The van der Waals surface area contributed by atoms with Gasteiger partial charge in [0, 0.05) is 16.1 Å². The molecular weight excluding hydrogens is 548 g/mol. The fraction of sp³-hybridized carbons (Fsp3) is 0.0909. The summed E-state index contributed by atoms with van der Waals surface area (Å²) in [6.45, 7) is 0. The maximum Gasteiger partial charge on any atom is 0.347 e. The summed E-state index contributed by atoms with van der Waals surface area (Å²) in [5, 5.41) is 13.7. The van der Waals surface area contributed by atoms with Crippen LogP contribution in [0.1, 0.15) is 15.9 Å². The highest BCUT2D eigenvalue weighted by atomic mass is 79.9. The lowest BCUT2D eigenvalue weighted by Gasteiger charge is -2.14. The van der Waals surface area contributed by atoms with Crippen LogP contribution in [0.25, 0.3) is 0 Å². The number of amides is 1. The Hall–Kier alpha value is -3.24. The number of rotatable bonds is 7. The minimum absolute atomic E-state index is 0.0733. The lowest BCUT2D eigenvalue weighted by Crippen LogP contribution is -2.17. The monoisotopic (exact) mass is 562 g/mol. The number of esters is 1. The Kier molecular flexibility index (Phi) is 7.60. The van der Waals surface area contributed by atoms with Crippen LogP contribution in [0.2, 0.25) is 0 Å². The Morgan fingerprint density at radius 3 is 2.47 bits per heavy atom. The number of benzene rings is 3. The highest BCUT2D eigenvalue weighted by molar-refractivity contribution is 9.11. The van der Waals surface area contributed by atoms with E-state index in [2.05, 4.69) is 37.2 Å². The molecule has 0 saturated carbocycles. The van der Waals surface area contributed by atoms with Gasteiger partial charge in [-0.05, 0) is 46.3 Å². The summed E-state index contributed by atoms with van der Waals surface area (Å²) in [6, 6.07) is 15.7. The molecule has 164 valence electrons. The van der Waals surface area contributed by atoms with E-state index >= 15 is 0 Å². The zero-order valence-corrected chi connectivity index (χ0v) is 19.8. The molecule has 0 fully saturated rings. The number of nitro groups is 1. The number of methoxy groups -OCH3 is 1. The second-order valence-electron chi connectivity index (χ2n) is 6.46. The average Bonchev–Trinajstić information content (AvgIpc) is 2.76. The van der Waals surface area contributed by atoms with Crippen LogP contribution in [-0.2, 0) is 11.2 Å². The number of nitro benzene ring substituents is 1. The van der Waals surface area contributed by atoms with E-state index in [1.165, 1.54) is 25.3 Å². The van der Waals surface area contributed by atoms with Crippen molar-refractivity contribution >= 4 is 55.1 Å². The molecule has 32 heavy (non-hydrogen) atoms. The van der Waals surface area contributed by atoms with Gasteiger partial charge < -0.3 is 14.8 Å². The fourth-order valence-electron chi connectivity index (χ4n) is 2.93. The first-order chi connectivity index (χ1) is 15.3. The number of anilines is 1. The Balaban J connectivity index is 1.87. The predicted octanol–water partition coefficient (Wildman–Crippen LogP) is 5.53. The van der Waals surface area contributed by atoms with Crippen LogP contribution in [0.4, 0.5) is 11.4 Å². The standard InChI is InChI=1S/C22H16Br2N2O6/c1-31-19-9-5-2-6-15(19)22(28)32-21-13(10-14(23)12-16(21)24)11-20(27)25-17-7-3-4-8-18(17)26(29)30/h2-10,12H,11H2,1H3,(H,25,27). The highest BCUT2D eigenvalue weighted by Gasteiger charge is 2.21. The third-order valence-corrected chi connectivity index (χ3v) is 5.38. The van der Waals surface area contributed by atoms with Gasteiger partial charge in [0.1, 0.15) is 22.7 Å². The highest BCUT2D eigenvalue weighted by Crippen LogP contribution is 2.35. The Morgan fingerprint density at radius 1 is 1.06 bits per heavy atom. The molecule has 0 bridgehead atoms. The maximum atomic E-state index is 12.8. The van der Waals surface area contributed by atoms with Gasteiger partial charge in [0.25, 0.3) is 5.69 Å². The molecule has 0 heterocycles. The average molecular weight is 564 g/mol. The van der Waals surface area contributed by atoms with Gasteiger partial charge >= 0.3 is 5.97 Å². The quantitative estimate of drug-likeness (QED) is 0.175. The second kappa shape index (κ2) is 10.4. The summed E-state index contributed by atoms with van der Waals surface area (Å²) in [5.41, 5.74) is 0.467. The minimum atomic E-state index is -0.661. The Bertz CT molecular complexity index is 1200. The van der Waals surface area contributed by atoms with E-state index in [0.29, 0.717) is 20.3 Å². The lowest BCUT2D eigenvalue weighted by molar-refractivity contribution is -0.383. The molecule has 0 aliphatic carbocycles. The van der Waals surface area contributed by atoms with Crippen molar-refractivity contribution in [2.24, 2.45) is 0 Å². The SMILES string of the molecule is COc1ccccc1C(=O)Oc1c(Br)cc(Br)cc1CC(=O)Nc1ccccc1[N+](=O)[O-]. The van der Waals surface area contributed by atoms with Gasteiger partial charge in [-0.15, -0.1) is 0 Å². The van der Waals surface area contributed by atoms with Gasteiger partial charge in [-0.3, -0.25) is 14.9 Å². The van der Waals surface area contributed by atoms with Gasteiger partial charge in [0.15, 0.2) is 0 Å². The molecular formula is C22H16Br2N2O6. The molecule has 0 saturated heterocycles. The Labute approximate surface area is 199 Å². The number of hydrogen-bond donors (Lipinski definition) is 1. The van der Waals surface area contributed by atoms with E-state index in [9.17, 15) is 19.7 Å². The molecule has 3 rings (SSSR count).